The van der Waals surface area contributed by atoms with Crippen LogP contribution in [-0.4, -0.2) is 75.2 Å². The van der Waals surface area contributed by atoms with Gasteiger partial charge in [0.2, 0.25) is 0 Å². The van der Waals surface area contributed by atoms with Gasteiger partial charge in [-0.15, -0.1) is 0 Å². The zero-order chi connectivity index (χ0) is 8.04. The molecule has 0 aliphatic carbocycles. The summed E-state index contributed by atoms with van der Waals surface area (Å²) >= 11 is 0. The van der Waals surface area contributed by atoms with Gasteiger partial charge in [-0.1, -0.05) is 0 Å². The normalized spacial score (nSPS) is 16.4. The van der Waals surface area contributed by atoms with E-state index < -0.39 is 5.60 Å². The Hall–Kier alpha value is 1.56. The van der Waals surface area contributed by atoms with Crippen LogP contribution in [0.4, 0.5) is 0 Å². The molecule has 64 valence electrons. The Bertz CT molecular complexity index is 63.0. The average Bonchev–Trinajstić information content (AvgIpc) is 2.07. The van der Waals surface area contributed by atoms with Gasteiger partial charge < -0.3 is 10.4 Å². The molecular weight excluding hydrogens is 165 g/mol. The maximum atomic E-state index is 8.52. The van der Waals surface area contributed by atoms with Crippen molar-refractivity contribution in [2.24, 2.45) is 0 Å². The number of aliphatic hydroxyl groups is 1. The van der Waals surface area contributed by atoms with E-state index >= 15 is 0 Å². The third-order valence-electron chi connectivity index (χ3n) is 0.957. The summed E-state index contributed by atoms with van der Waals surface area (Å²) in [7, 11) is 0. The summed E-state index contributed by atoms with van der Waals surface area (Å²) < 4.78 is 0. The zero-order valence-corrected chi connectivity index (χ0v) is 7.28. The van der Waals surface area contributed by atoms with E-state index in [0.717, 1.165) is 0 Å². The summed E-state index contributed by atoms with van der Waals surface area (Å²) in [6.45, 7) is 7.73. The van der Waals surface area contributed by atoms with E-state index in [-0.39, 0.29) is 51.4 Å². The summed E-state index contributed by atoms with van der Waals surface area (Å²) in [6, 6.07) is 0. The molecule has 2 N–H and O–H groups in total. The predicted octanol–water partition coefficient (Wildman–Crippen LogP) is 0.498. The quantitative estimate of drug-likeness (QED) is 0.539. The molecule has 1 heterocycles. The Morgan fingerprint density at radius 1 is 1.09 bits per heavy atom. The topological polar surface area (TPSA) is 32.3 Å². The Morgan fingerprint density at radius 2 is 1.36 bits per heavy atom. The first-order valence-corrected chi connectivity index (χ1v) is 3.93. The van der Waals surface area contributed by atoms with Crippen LogP contribution < -0.4 is 5.32 Å². The molecule has 3 heteroatoms. The van der Waals surface area contributed by atoms with Gasteiger partial charge in [0.15, 0.2) is 0 Å². The summed E-state index contributed by atoms with van der Waals surface area (Å²) in [6.07, 6.45) is 2.78. The molecule has 0 radical (unpaired) electrons. The maximum absolute atomic E-state index is 8.52. The van der Waals surface area contributed by atoms with Crippen LogP contribution in [0.2, 0.25) is 0 Å². The van der Waals surface area contributed by atoms with Crippen molar-refractivity contribution in [3.8, 4) is 0 Å². The van der Waals surface area contributed by atoms with E-state index in [1.54, 1.807) is 20.8 Å². The predicted molar refractivity (Wildman–Crippen MR) is 51.2 cm³/mol. The first-order chi connectivity index (χ1) is 4.50. The molecule has 0 aromatic carbocycles. The van der Waals surface area contributed by atoms with E-state index in [0.29, 0.717) is 0 Å². The fourth-order valence-electron chi connectivity index (χ4n) is 0.625. The SMILES string of the molecule is C1CCNC1.CC(C)(C)O.[KH]. The van der Waals surface area contributed by atoms with Crippen LogP contribution in [0.1, 0.15) is 33.6 Å². The van der Waals surface area contributed by atoms with Gasteiger partial charge in [0.25, 0.3) is 0 Å². The van der Waals surface area contributed by atoms with E-state index in [1.807, 2.05) is 0 Å². The summed E-state index contributed by atoms with van der Waals surface area (Å²) in [5.74, 6) is 0. The summed E-state index contributed by atoms with van der Waals surface area (Å²) in [5.41, 5.74) is -0.500. The van der Waals surface area contributed by atoms with Gasteiger partial charge in [0.1, 0.15) is 0 Å². The van der Waals surface area contributed by atoms with Gasteiger partial charge in [-0.05, 0) is 46.7 Å². The fraction of sp³-hybridized carbons (Fsp3) is 1.00. The Kier molecular flexibility index (Phi) is 11.2. The first-order valence-electron chi connectivity index (χ1n) is 3.93. The van der Waals surface area contributed by atoms with E-state index in [2.05, 4.69) is 5.32 Å². The van der Waals surface area contributed by atoms with Crippen molar-refractivity contribution in [2.75, 3.05) is 13.1 Å². The molecule has 0 amide bonds. The molecule has 0 unspecified atom stereocenters. The van der Waals surface area contributed by atoms with Crippen LogP contribution in [0.15, 0.2) is 0 Å². The molecule has 0 bridgehead atoms. The molecule has 0 aromatic rings. The molecule has 1 aliphatic heterocycles. The van der Waals surface area contributed by atoms with Crippen LogP contribution in [-0.2, 0) is 0 Å². The third-order valence-corrected chi connectivity index (χ3v) is 0.957. The number of nitrogens with one attached hydrogen (secondary N) is 1. The van der Waals surface area contributed by atoms with E-state index in [9.17, 15) is 0 Å². The fourth-order valence-corrected chi connectivity index (χ4v) is 0.625. The standard InChI is InChI=1S/C4H9N.C4H10O.K.H/c1-2-4-5-3-1;1-4(2,3)5;;/h5H,1-4H2;5H,1-3H3;;. The molecule has 0 atom stereocenters. The van der Waals surface area contributed by atoms with Crippen molar-refractivity contribution in [1.82, 2.24) is 5.32 Å². The van der Waals surface area contributed by atoms with Crippen LogP contribution in [0.5, 0.6) is 0 Å². The minimum absolute atomic E-state index is 0. The Morgan fingerprint density at radius 3 is 1.45 bits per heavy atom. The van der Waals surface area contributed by atoms with Gasteiger partial charge in [0, 0.05) is 0 Å². The Labute approximate surface area is 113 Å². The van der Waals surface area contributed by atoms with Crippen molar-refractivity contribution in [2.45, 2.75) is 39.2 Å². The van der Waals surface area contributed by atoms with Crippen molar-refractivity contribution in [3.63, 3.8) is 0 Å². The number of hydrogen-bond donors (Lipinski definition) is 2. The molecular formula is C8H20KNO. The molecule has 2 nitrogen and oxygen atoms in total. The second-order valence-corrected chi connectivity index (χ2v) is 3.63. The summed E-state index contributed by atoms with van der Waals surface area (Å²) in [4.78, 5) is 0. The Balaban J connectivity index is 0. The minimum atomic E-state index is -0.500. The van der Waals surface area contributed by atoms with Crippen molar-refractivity contribution in [1.29, 1.82) is 0 Å². The van der Waals surface area contributed by atoms with Crippen LogP contribution in [0, 0.1) is 0 Å². The zero-order valence-electron chi connectivity index (χ0n) is 7.28. The van der Waals surface area contributed by atoms with Gasteiger partial charge in [-0.2, -0.15) is 0 Å². The second-order valence-electron chi connectivity index (χ2n) is 3.63. The van der Waals surface area contributed by atoms with Crippen molar-refractivity contribution >= 4 is 51.4 Å². The third kappa shape index (κ3) is 24.6. The van der Waals surface area contributed by atoms with Gasteiger partial charge in [0.05, 0.1) is 5.60 Å². The van der Waals surface area contributed by atoms with E-state index in [4.69, 9.17) is 5.11 Å². The molecule has 1 fully saturated rings. The summed E-state index contributed by atoms with van der Waals surface area (Å²) in [5, 5.41) is 11.7. The van der Waals surface area contributed by atoms with Crippen LogP contribution in [0.3, 0.4) is 0 Å². The first kappa shape index (κ1) is 15.0. The second kappa shape index (κ2) is 8.17. The molecule has 0 spiro atoms. The average molecular weight is 185 g/mol. The molecule has 11 heavy (non-hydrogen) atoms. The number of hydrogen-bond acceptors (Lipinski definition) is 2. The molecule has 0 aromatic heterocycles. The molecule has 1 aliphatic rings. The van der Waals surface area contributed by atoms with E-state index in [1.165, 1.54) is 25.9 Å². The van der Waals surface area contributed by atoms with Gasteiger partial charge in [-0.3, -0.25) is 0 Å². The molecule has 1 saturated heterocycles. The molecule has 0 saturated carbocycles. The van der Waals surface area contributed by atoms with Crippen molar-refractivity contribution in [3.05, 3.63) is 0 Å². The van der Waals surface area contributed by atoms with Gasteiger partial charge >= 0.3 is 51.4 Å². The van der Waals surface area contributed by atoms with Crippen LogP contribution >= 0.6 is 0 Å². The number of rotatable bonds is 0. The van der Waals surface area contributed by atoms with Crippen molar-refractivity contribution < 1.29 is 5.11 Å². The van der Waals surface area contributed by atoms with Gasteiger partial charge in [-0.25, -0.2) is 0 Å². The van der Waals surface area contributed by atoms with Crippen LogP contribution in [0.25, 0.3) is 0 Å². The monoisotopic (exact) mass is 185 g/mol. The molecule has 1 rings (SSSR count).